The van der Waals surface area contributed by atoms with Gasteiger partial charge in [-0.25, -0.2) is 0 Å². The second-order valence-corrected chi connectivity index (χ2v) is 6.35. The summed E-state index contributed by atoms with van der Waals surface area (Å²) in [6, 6.07) is 7.55. The van der Waals surface area contributed by atoms with Gasteiger partial charge in [0.25, 0.3) is 0 Å². The lowest BCUT2D eigenvalue weighted by molar-refractivity contribution is -0.137. The fourth-order valence-electron chi connectivity index (χ4n) is 2.85. The molecule has 1 saturated heterocycles. The van der Waals surface area contributed by atoms with Crippen LogP contribution in [0.5, 0.6) is 17.2 Å². The molecule has 28 heavy (non-hydrogen) atoms. The SMILES string of the molecule is CN1C(=O)CCC1C(=O)Nc1cc(Oc2ccc(C(F)(F)F)cc2)ccc1O. The van der Waals surface area contributed by atoms with Gasteiger partial charge in [-0.2, -0.15) is 13.2 Å². The van der Waals surface area contributed by atoms with E-state index in [1.165, 1.54) is 42.3 Å². The number of anilines is 1. The van der Waals surface area contributed by atoms with Crippen molar-refractivity contribution in [3.63, 3.8) is 0 Å². The summed E-state index contributed by atoms with van der Waals surface area (Å²) >= 11 is 0. The van der Waals surface area contributed by atoms with E-state index in [0.717, 1.165) is 12.1 Å². The molecule has 2 amide bonds. The first-order chi connectivity index (χ1) is 13.1. The van der Waals surface area contributed by atoms with E-state index in [0.29, 0.717) is 6.42 Å². The van der Waals surface area contributed by atoms with Crippen molar-refractivity contribution < 1.29 is 32.6 Å². The van der Waals surface area contributed by atoms with Crippen LogP contribution in [-0.4, -0.2) is 34.9 Å². The topological polar surface area (TPSA) is 78.9 Å². The van der Waals surface area contributed by atoms with Gasteiger partial charge in [0.2, 0.25) is 11.8 Å². The number of hydrogen-bond acceptors (Lipinski definition) is 4. The van der Waals surface area contributed by atoms with Gasteiger partial charge in [0.15, 0.2) is 0 Å². The number of likely N-dealkylation sites (N-methyl/N-ethyl adjacent to an activating group) is 1. The number of carbonyl (C=O) groups excluding carboxylic acids is 2. The summed E-state index contributed by atoms with van der Waals surface area (Å²) in [7, 11) is 1.53. The highest BCUT2D eigenvalue weighted by Crippen LogP contribution is 2.34. The zero-order chi connectivity index (χ0) is 20.5. The first kappa shape index (κ1) is 19.5. The minimum atomic E-state index is -4.44. The van der Waals surface area contributed by atoms with E-state index in [1.54, 1.807) is 0 Å². The molecule has 2 N–H and O–H groups in total. The molecule has 1 unspecified atom stereocenters. The second-order valence-electron chi connectivity index (χ2n) is 6.35. The van der Waals surface area contributed by atoms with Crippen LogP contribution < -0.4 is 10.1 Å². The maximum Gasteiger partial charge on any atom is 0.416 e. The van der Waals surface area contributed by atoms with Crippen LogP contribution in [0.2, 0.25) is 0 Å². The van der Waals surface area contributed by atoms with Crippen molar-refractivity contribution in [2.75, 3.05) is 12.4 Å². The maximum atomic E-state index is 12.6. The first-order valence-corrected chi connectivity index (χ1v) is 8.40. The van der Waals surface area contributed by atoms with Crippen LogP contribution in [0, 0.1) is 0 Å². The molecular weight excluding hydrogens is 377 g/mol. The Morgan fingerprint density at radius 2 is 1.82 bits per heavy atom. The number of alkyl halides is 3. The molecule has 1 atom stereocenters. The highest BCUT2D eigenvalue weighted by atomic mass is 19.4. The van der Waals surface area contributed by atoms with Crippen molar-refractivity contribution in [1.29, 1.82) is 0 Å². The minimum absolute atomic E-state index is 0.0714. The van der Waals surface area contributed by atoms with Gasteiger partial charge < -0.3 is 20.1 Å². The standard InChI is InChI=1S/C19H17F3N2O4/c1-24-15(7-9-17(24)26)18(27)23-14-10-13(6-8-16(14)25)28-12-4-2-11(3-5-12)19(20,21)22/h2-6,8,10,15,25H,7,9H2,1H3,(H,23,27). The van der Waals surface area contributed by atoms with Gasteiger partial charge in [-0.1, -0.05) is 0 Å². The Hall–Kier alpha value is -3.23. The van der Waals surface area contributed by atoms with E-state index in [-0.39, 0.29) is 35.3 Å². The predicted molar refractivity (Wildman–Crippen MR) is 94.0 cm³/mol. The van der Waals surface area contributed by atoms with Gasteiger partial charge in [-0.3, -0.25) is 9.59 Å². The molecule has 0 aromatic heterocycles. The monoisotopic (exact) mass is 394 g/mol. The van der Waals surface area contributed by atoms with Crippen LogP contribution >= 0.6 is 0 Å². The number of rotatable bonds is 4. The number of hydrogen-bond donors (Lipinski definition) is 2. The summed E-state index contributed by atoms with van der Waals surface area (Å²) in [5, 5.41) is 12.5. The molecule has 1 fully saturated rings. The van der Waals surface area contributed by atoms with Gasteiger partial charge >= 0.3 is 6.18 Å². The van der Waals surface area contributed by atoms with Gasteiger partial charge in [0.1, 0.15) is 23.3 Å². The number of nitrogens with one attached hydrogen (secondary N) is 1. The number of aromatic hydroxyl groups is 1. The largest absolute Gasteiger partial charge is 0.506 e. The summed E-state index contributed by atoms with van der Waals surface area (Å²) in [4.78, 5) is 25.3. The molecule has 1 aliphatic rings. The molecular formula is C19H17F3N2O4. The maximum absolute atomic E-state index is 12.6. The molecule has 2 aromatic carbocycles. The Morgan fingerprint density at radius 1 is 1.18 bits per heavy atom. The van der Waals surface area contributed by atoms with Crippen molar-refractivity contribution in [2.45, 2.75) is 25.1 Å². The molecule has 0 radical (unpaired) electrons. The highest BCUT2D eigenvalue weighted by Gasteiger charge is 2.33. The molecule has 3 rings (SSSR count). The third-order valence-electron chi connectivity index (χ3n) is 4.44. The van der Waals surface area contributed by atoms with Crippen molar-refractivity contribution in [3.8, 4) is 17.2 Å². The number of nitrogens with zero attached hydrogens (tertiary/aromatic N) is 1. The Balaban J connectivity index is 1.73. The van der Waals surface area contributed by atoms with Crippen LogP contribution in [0.4, 0.5) is 18.9 Å². The van der Waals surface area contributed by atoms with E-state index in [2.05, 4.69) is 5.32 Å². The highest BCUT2D eigenvalue weighted by molar-refractivity contribution is 5.99. The van der Waals surface area contributed by atoms with Crippen molar-refractivity contribution >= 4 is 17.5 Å². The third kappa shape index (κ3) is 4.19. The fraction of sp³-hybridized carbons (Fsp3) is 0.263. The molecule has 0 bridgehead atoms. The number of halogens is 3. The normalized spacial score (nSPS) is 16.9. The number of phenols is 1. The number of benzene rings is 2. The summed E-state index contributed by atoms with van der Waals surface area (Å²) < 4.78 is 43.3. The van der Waals surface area contributed by atoms with Crippen molar-refractivity contribution in [2.24, 2.45) is 0 Å². The summed E-state index contributed by atoms with van der Waals surface area (Å²) in [5.41, 5.74) is -0.726. The van der Waals surface area contributed by atoms with E-state index in [4.69, 9.17) is 4.74 Å². The number of likely N-dealkylation sites (tertiary alicyclic amines) is 1. The predicted octanol–water partition coefficient (Wildman–Crippen LogP) is 3.76. The summed E-state index contributed by atoms with van der Waals surface area (Å²) in [5.74, 6) is -0.417. The van der Waals surface area contributed by atoms with Crippen LogP contribution in [-0.2, 0) is 15.8 Å². The van der Waals surface area contributed by atoms with E-state index >= 15 is 0 Å². The molecule has 6 nitrogen and oxygen atoms in total. The Kier molecular flexibility index (Phi) is 5.17. The molecule has 0 aliphatic carbocycles. The average molecular weight is 394 g/mol. The second kappa shape index (κ2) is 7.41. The van der Waals surface area contributed by atoms with Crippen LogP contribution in [0.1, 0.15) is 18.4 Å². The fourth-order valence-corrected chi connectivity index (χ4v) is 2.85. The number of amides is 2. The Morgan fingerprint density at radius 3 is 2.39 bits per heavy atom. The molecule has 0 saturated carbocycles. The average Bonchev–Trinajstić information content (AvgIpc) is 2.97. The smallest absolute Gasteiger partial charge is 0.416 e. The molecule has 1 heterocycles. The number of phenolic OH excluding ortho intramolecular Hbond substituents is 1. The van der Waals surface area contributed by atoms with Crippen LogP contribution in [0.15, 0.2) is 42.5 Å². The molecule has 148 valence electrons. The van der Waals surface area contributed by atoms with Crippen molar-refractivity contribution in [3.05, 3.63) is 48.0 Å². The van der Waals surface area contributed by atoms with Gasteiger partial charge in [0, 0.05) is 19.5 Å². The molecule has 9 heteroatoms. The summed E-state index contributed by atoms with van der Waals surface area (Å²) in [6.07, 6.45) is -3.79. The van der Waals surface area contributed by atoms with E-state index in [9.17, 15) is 27.9 Å². The zero-order valence-corrected chi connectivity index (χ0v) is 14.8. The van der Waals surface area contributed by atoms with E-state index < -0.39 is 23.7 Å². The van der Waals surface area contributed by atoms with Gasteiger partial charge in [-0.05, 0) is 42.8 Å². The molecule has 2 aromatic rings. The van der Waals surface area contributed by atoms with Crippen LogP contribution in [0.3, 0.4) is 0 Å². The Bertz CT molecular complexity index is 897. The number of ether oxygens (including phenoxy) is 1. The van der Waals surface area contributed by atoms with Gasteiger partial charge in [0.05, 0.1) is 11.3 Å². The Labute approximate surface area is 158 Å². The molecule has 0 spiro atoms. The summed E-state index contributed by atoms with van der Waals surface area (Å²) in [6.45, 7) is 0. The zero-order valence-electron chi connectivity index (χ0n) is 14.8. The van der Waals surface area contributed by atoms with Crippen LogP contribution in [0.25, 0.3) is 0 Å². The number of carbonyl (C=O) groups is 2. The lowest BCUT2D eigenvalue weighted by atomic mass is 10.2. The first-order valence-electron chi connectivity index (χ1n) is 8.40. The quantitative estimate of drug-likeness (QED) is 0.774. The third-order valence-corrected chi connectivity index (χ3v) is 4.44. The van der Waals surface area contributed by atoms with E-state index in [1.807, 2.05) is 0 Å². The van der Waals surface area contributed by atoms with Gasteiger partial charge in [-0.15, -0.1) is 0 Å². The lowest BCUT2D eigenvalue weighted by Crippen LogP contribution is -2.38. The molecule has 1 aliphatic heterocycles. The van der Waals surface area contributed by atoms with Crippen molar-refractivity contribution in [1.82, 2.24) is 4.90 Å². The lowest BCUT2D eigenvalue weighted by Gasteiger charge is -2.19. The minimum Gasteiger partial charge on any atom is -0.506 e.